The molecule has 5 rings (SSSR count). The Morgan fingerprint density at radius 1 is 1.20 bits per heavy atom. The van der Waals surface area contributed by atoms with Crippen molar-refractivity contribution in [2.24, 2.45) is 23.9 Å². The average molecular weight is 717 g/mol. The first kappa shape index (κ1) is 35.8. The van der Waals surface area contributed by atoms with E-state index < -0.39 is 64.4 Å². The van der Waals surface area contributed by atoms with Crippen LogP contribution in [0.25, 0.3) is 11.1 Å². The van der Waals surface area contributed by atoms with Crippen molar-refractivity contribution in [1.29, 1.82) is 0 Å². The number of thiazole rings is 1. The van der Waals surface area contributed by atoms with Gasteiger partial charge in [-0.1, -0.05) is 17.3 Å². The molecular weight excluding hydrogens is 681 g/mol. The molecule has 1 unspecified atom stereocenters. The lowest BCUT2D eigenvalue weighted by Crippen LogP contribution is -2.68. The number of nitrogens with two attached hydrogens (primary N) is 2. The molecule has 2 fully saturated rings. The normalized spacial score (nSPS) is 18.8. The summed E-state index contributed by atoms with van der Waals surface area (Å²) in [5, 5.41) is 15.4. The molecule has 0 bridgehead atoms. The van der Waals surface area contributed by atoms with Crippen molar-refractivity contribution in [3.63, 3.8) is 0 Å². The number of nitrogen functional groups attached to an aromatic ring is 1. The van der Waals surface area contributed by atoms with E-state index >= 15 is 0 Å². The van der Waals surface area contributed by atoms with Crippen molar-refractivity contribution in [1.82, 2.24) is 10.0 Å². The van der Waals surface area contributed by atoms with Gasteiger partial charge in [-0.25, -0.2) is 22.8 Å². The van der Waals surface area contributed by atoms with Crippen LogP contribution in [0.5, 0.6) is 5.75 Å². The van der Waals surface area contributed by atoms with E-state index in [0.29, 0.717) is 10.8 Å². The highest BCUT2D eigenvalue weighted by Gasteiger charge is 2.57. The third-order valence-electron chi connectivity index (χ3n) is 8.61. The number of aryl methyl sites for hydroxylation is 2. The van der Waals surface area contributed by atoms with Crippen molar-refractivity contribution >= 4 is 50.2 Å². The summed E-state index contributed by atoms with van der Waals surface area (Å²) in [5.74, 6) is -3.87. The standard InChI is InChI=1S/C31H36N6O10S2/c1-30(2)22(27(39)37(30)47-49(42,43)44)14-24(38)26(23-17-48-29(32)34-23)35-46-25(28(40)41)16-45-21-8-5-18(6-9-21)19-4-7-20(36(3)15-19)10-11-31(33)12-13-31/h4-9,15,17,22,25H,10-14,16,33H2,1-3H3,(H3-,32,34,40,41,42,43,44)/b35-26-/t22-,25?/m1/s1. The van der Waals surface area contributed by atoms with E-state index in [4.69, 9.17) is 21.0 Å². The largest absolute Gasteiger partial charge is 0.724 e. The van der Waals surface area contributed by atoms with Crippen LogP contribution < -0.4 is 20.8 Å². The number of aromatic nitrogens is 2. The number of hydrogen-bond acceptors (Lipinski definition) is 14. The molecule has 49 heavy (non-hydrogen) atoms. The minimum atomic E-state index is -5.24. The highest BCUT2D eigenvalue weighted by molar-refractivity contribution is 7.80. The Morgan fingerprint density at radius 3 is 2.43 bits per heavy atom. The second-order valence-corrected chi connectivity index (χ2v) is 14.5. The molecule has 1 amide bonds. The number of β-lactam (4-membered cyclic amide) rings is 1. The monoisotopic (exact) mass is 716 g/mol. The van der Waals surface area contributed by atoms with E-state index in [0.717, 1.165) is 48.1 Å². The minimum Gasteiger partial charge on any atom is -0.724 e. The number of hydrogen-bond donors (Lipinski definition) is 3. The van der Waals surface area contributed by atoms with Crippen molar-refractivity contribution in [2.45, 2.75) is 63.1 Å². The molecule has 1 saturated heterocycles. The number of nitrogens with zero attached hydrogens (tertiary/aromatic N) is 4. The topological polar surface area (TPSA) is 241 Å². The number of aliphatic carboxylic acids is 1. The average Bonchev–Trinajstić information content (AvgIpc) is 3.62. The number of oxime groups is 1. The number of hydroxylamine groups is 2. The van der Waals surface area contributed by atoms with Crippen LogP contribution >= 0.6 is 11.3 Å². The first-order valence-corrected chi connectivity index (χ1v) is 17.4. The number of ether oxygens (including phenoxy) is 1. The maximum atomic E-state index is 13.3. The maximum Gasteiger partial charge on any atom is 0.351 e. The van der Waals surface area contributed by atoms with Crippen molar-refractivity contribution in [3.05, 3.63) is 59.4 Å². The molecule has 2 aromatic heterocycles. The van der Waals surface area contributed by atoms with Gasteiger partial charge in [0.2, 0.25) is 10.4 Å². The molecule has 0 spiro atoms. The Hall–Kier alpha value is -4.49. The number of benzene rings is 1. The van der Waals surface area contributed by atoms with Crippen LogP contribution in [0.4, 0.5) is 5.13 Å². The Morgan fingerprint density at radius 2 is 1.88 bits per heavy atom. The van der Waals surface area contributed by atoms with Crippen molar-refractivity contribution < 1.29 is 50.9 Å². The van der Waals surface area contributed by atoms with E-state index in [9.17, 15) is 32.5 Å². The van der Waals surface area contributed by atoms with Gasteiger partial charge in [0.05, 0.1) is 11.5 Å². The molecule has 2 aliphatic rings. The molecule has 5 N–H and O–H groups in total. The summed E-state index contributed by atoms with van der Waals surface area (Å²) in [6, 6.07) is 11.2. The Kier molecular flexibility index (Phi) is 10.1. The molecule has 1 aromatic carbocycles. The fourth-order valence-corrected chi connectivity index (χ4v) is 6.31. The Bertz CT molecular complexity index is 1890. The summed E-state index contributed by atoms with van der Waals surface area (Å²) in [6.45, 7) is 2.33. The summed E-state index contributed by atoms with van der Waals surface area (Å²) in [7, 11) is -3.25. The van der Waals surface area contributed by atoms with Crippen molar-refractivity contribution in [2.75, 3.05) is 12.3 Å². The minimum absolute atomic E-state index is 0.0158. The lowest BCUT2D eigenvalue weighted by atomic mass is 9.74. The molecule has 0 radical (unpaired) electrons. The molecule has 16 nitrogen and oxygen atoms in total. The highest BCUT2D eigenvalue weighted by Crippen LogP contribution is 2.41. The van der Waals surface area contributed by atoms with Gasteiger partial charge < -0.3 is 30.7 Å². The van der Waals surface area contributed by atoms with Gasteiger partial charge in [-0.05, 0) is 56.9 Å². The van der Waals surface area contributed by atoms with Gasteiger partial charge in [0.1, 0.15) is 25.1 Å². The molecule has 1 aliphatic carbocycles. The number of pyridine rings is 1. The summed E-state index contributed by atoms with van der Waals surface area (Å²) in [6.07, 6.45) is 3.85. The smallest absolute Gasteiger partial charge is 0.351 e. The lowest BCUT2D eigenvalue weighted by Gasteiger charge is -2.51. The zero-order chi connectivity index (χ0) is 35.7. The summed E-state index contributed by atoms with van der Waals surface area (Å²) >= 11 is 0.984. The molecule has 262 valence electrons. The molecule has 3 aromatic rings. The first-order chi connectivity index (χ1) is 23.0. The molecule has 18 heteroatoms. The van der Waals surface area contributed by atoms with Crippen LogP contribution in [-0.4, -0.2) is 75.3 Å². The number of anilines is 1. The highest BCUT2D eigenvalue weighted by atomic mass is 32.3. The van der Waals surface area contributed by atoms with Gasteiger partial charge in [-0.2, -0.15) is 9.35 Å². The SMILES string of the molecule is C[n+]1cc(-c2ccc(OCC(O/N=C(\C(=O)C[C@@H]3C(=O)N(OS(=O)(=O)[O-])C3(C)C)c3csc(N)n3)C(=O)O)cc2)ccc1CCC1(N)CC1. The number of amides is 1. The summed E-state index contributed by atoms with van der Waals surface area (Å²) < 4.78 is 45.0. The van der Waals surface area contributed by atoms with Gasteiger partial charge in [0.25, 0.3) is 12.0 Å². The molecule has 1 saturated carbocycles. The van der Waals surface area contributed by atoms with Crippen LogP contribution in [0.1, 0.15) is 50.9 Å². The Labute approximate surface area is 286 Å². The molecule has 3 heterocycles. The zero-order valence-corrected chi connectivity index (χ0v) is 28.5. The van der Waals surface area contributed by atoms with Crippen LogP contribution in [0, 0.1) is 5.92 Å². The second kappa shape index (κ2) is 13.8. The molecule has 2 atom stereocenters. The van der Waals surface area contributed by atoms with Crippen molar-refractivity contribution in [3.8, 4) is 16.9 Å². The molecule has 1 aliphatic heterocycles. The summed E-state index contributed by atoms with van der Waals surface area (Å²) in [5.41, 5.74) is 13.2. The fraction of sp³-hybridized carbons (Fsp3) is 0.419. The molecular formula is C31H36N6O10S2. The summed E-state index contributed by atoms with van der Waals surface area (Å²) in [4.78, 5) is 47.2. The fourth-order valence-electron chi connectivity index (χ4n) is 5.32. The van der Waals surface area contributed by atoms with E-state index in [1.165, 1.54) is 24.9 Å². The van der Waals surface area contributed by atoms with Gasteiger partial charge in [0.15, 0.2) is 28.5 Å². The quantitative estimate of drug-likeness (QED) is 0.0476. The van der Waals surface area contributed by atoms with E-state index in [-0.39, 0.29) is 16.4 Å². The lowest BCUT2D eigenvalue weighted by molar-refractivity contribution is -0.678. The van der Waals surface area contributed by atoms with E-state index in [1.807, 2.05) is 31.4 Å². The number of Topliss-reactive ketones (excluding diaryl/α,β-unsaturated/α-hetero) is 1. The third-order valence-corrected chi connectivity index (χ3v) is 9.61. The van der Waals surface area contributed by atoms with Gasteiger partial charge >= 0.3 is 5.97 Å². The van der Waals surface area contributed by atoms with E-state index in [2.05, 4.69) is 25.1 Å². The van der Waals surface area contributed by atoms with Gasteiger partial charge in [0, 0.05) is 35.4 Å². The van der Waals surface area contributed by atoms with Crippen LogP contribution in [0.2, 0.25) is 0 Å². The van der Waals surface area contributed by atoms with Crippen LogP contribution in [-0.2, 0) is 47.4 Å². The third kappa shape index (κ3) is 8.57. The number of carboxylic acid groups (broad SMARTS) is 1. The zero-order valence-electron chi connectivity index (χ0n) is 26.9. The maximum absolute atomic E-state index is 13.3. The second-order valence-electron chi connectivity index (χ2n) is 12.6. The number of carboxylic acids is 1. The van der Waals surface area contributed by atoms with E-state index in [1.54, 1.807) is 12.1 Å². The predicted molar refractivity (Wildman–Crippen MR) is 173 cm³/mol. The number of rotatable bonds is 16. The van der Waals surface area contributed by atoms with Crippen LogP contribution in [0.15, 0.2) is 53.1 Å². The van der Waals surface area contributed by atoms with Crippen LogP contribution in [0.3, 0.4) is 0 Å². The van der Waals surface area contributed by atoms with Gasteiger partial charge in [-0.3, -0.25) is 9.59 Å². The number of carbonyl (C=O) groups is 3. The number of ketones is 1. The predicted octanol–water partition coefficient (Wildman–Crippen LogP) is 1.48. The first-order valence-electron chi connectivity index (χ1n) is 15.2. The Balaban J connectivity index is 1.23. The number of carbonyl (C=O) groups excluding carboxylic acids is 2. The van der Waals surface area contributed by atoms with Gasteiger partial charge in [-0.15, -0.1) is 11.3 Å².